The fourth-order valence-corrected chi connectivity index (χ4v) is 3.31. The van der Waals surface area contributed by atoms with Crippen LogP contribution in [0.3, 0.4) is 0 Å². The number of nitro benzene ring substituents is 2. The molecule has 4 rings (SSSR count). The highest BCUT2D eigenvalue weighted by molar-refractivity contribution is 6.34. The summed E-state index contributed by atoms with van der Waals surface area (Å²) in [5.74, 6) is -0.502. The van der Waals surface area contributed by atoms with Gasteiger partial charge in [0.15, 0.2) is 5.70 Å². The number of para-hydroxylation sites is 1. The van der Waals surface area contributed by atoms with Gasteiger partial charge in [0.1, 0.15) is 12.4 Å². The molecule has 3 aromatic rings. The Bertz CT molecular complexity index is 1380. The molecule has 0 amide bonds. The first-order chi connectivity index (χ1) is 16.3. The molecule has 0 N–H and O–H groups in total. The van der Waals surface area contributed by atoms with Crippen molar-refractivity contribution in [1.82, 2.24) is 0 Å². The summed E-state index contributed by atoms with van der Waals surface area (Å²) in [6.07, 6.45) is 1.45. The van der Waals surface area contributed by atoms with Crippen LogP contribution in [0.1, 0.15) is 16.7 Å². The highest BCUT2D eigenvalue weighted by Gasteiger charge is 2.27. The van der Waals surface area contributed by atoms with E-state index in [1.807, 2.05) is 0 Å². The minimum absolute atomic E-state index is 0.0492. The van der Waals surface area contributed by atoms with Crippen LogP contribution in [0.25, 0.3) is 6.08 Å². The van der Waals surface area contributed by atoms with Crippen molar-refractivity contribution in [2.75, 3.05) is 0 Å². The van der Waals surface area contributed by atoms with E-state index in [2.05, 4.69) is 4.99 Å². The van der Waals surface area contributed by atoms with Gasteiger partial charge < -0.3 is 9.47 Å². The number of non-ortho nitro benzene ring substituents is 2. The molecule has 0 bridgehead atoms. The van der Waals surface area contributed by atoms with E-state index in [9.17, 15) is 25.0 Å². The van der Waals surface area contributed by atoms with Crippen molar-refractivity contribution in [2.45, 2.75) is 6.61 Å². The number of aliphatic imine (C=N–C) groups is 1. The summed E-state index contributed by atoms with van der Waals surface area (Å²) in [5, 5.41) is 22.2. The molecule has 0 saturated carbocycles. The van der Waals surface area contributed by atoms with Crippen LogP contribution in [0.2, 0.25) is 5.02 Å². The van der Waals surface area contributed by atoms with Crippen LogP contribution >= 0.6 is 11.6 Å². The molecule has 0 fully saturated rings. The zero-order valence-electron chi connectivity index (χ0n) is 17.2. The van der Waals surface area contributed by atoms with Gasteiger partial charge in [-0.05, 0) is 23.8 Å². The molecule has 1 heterocycles. The van der Waals surface area contributed by atoms with Crippen LogP contribution in [0.5, 0.6) is 5.75 Å². The lowest BCUT2D eigenvalue weighted by Crippen LogP contribution is -2.06. The Morgan fingerprint density at radius 2 is 1.71 bits per heavy atom. The standard InChI is InChI=1S/C23H14ClN3O7/c24-19-9-8-17(27(31)32)12-18(19)22-25-20(23(28)34-22)11-15-5-1-2-7-21(15)33-13-14-4-3-6-16(10-14)26(29)30/h1-12H,13H2/b20-11-. The number of esters is 1. The Labute approximate surface area is 197 Å². The first-order valence-corrected chi connectivity index (χ1v) is 10.1. The lowest BCUT2D eigenvalue weighted by atomic mass is 10.1. The number of hydrogen-bond donors (Lipinski definition) is 0. The fourth-order valence-electron chi connectivity index (χ4n) is 3.11. The Morgan fingerprint density at radius 1 is 0.971 bits per heavy atom. The number of carbonyl (C=O) groups is 1. The predicted octanol–water partition coefficient (Wildman–Crippen LogP) is 5.08. The number of hydrogen-bond acceptors (Lipinski definition) is 8. The third-order valence-electron chi connectivity index (χ3n) is 4.74. The number of cyclic esters (lactones) is 1. The number of nitro groups is 2. The SMILES string of the molecule is O=C1OC(c2cc([N+](=O)[O-])ccc2Cl)=N/C1=C\c1ccccc1OCc1cccc([N+](=O)[O-])c1. The van der Waals surface area contributed by atoms with E-state index in [0.29, 0.717) is 16.9 Å². The number of ether oxygens (including phenoxy) is 2. The molecule has 1 aliphatic heterocycles. The van der Waals surface area contributed by atoms with Crippen LogP contribution < -0.4 is 4.74 Å². The van der Waals surface area contributed by atoms with E-state index in [-0.39, 0.29) is 40.2 Å². The smallest absolute Gasteiger partial charge is 0.363 e. The summed E-state index contributed by atoms with van der Waals surface area (Å²) in [5.41, 5.74) is 0.890. The second-order valence-electron chi connectivity index (χ2n) is 7.01. The molecule has 0 aliphatic carbocycles. The zero-order valence-corrected chi connectivity index (χ0v) is 18.0. The molecule has 0 radical (unpaired) electrons. The van der Waals surface area contributed by atoms with Gasteiger partial charge in [0.2, 0.25) is 5.90 Å². The summed E-state index contributed by atoms with van der Waals surface area (Å²) in [6.45, 7) is 0.0596. The van der Waals surface area contributed by atoms with Crippen LogP contribution in [-0.4, -0.2) is 21.7 Å². The predicted molar refractivity (Wildman–Crippen MR) is 123 cm³/mol. The average Bonchev–Trinajstić information content (AvgIpc) is 3.18. The molecule has 170 valence electrons. The molecule has 0 atom stereocenters. The van der Waals surface area contributed by atoms with Crippen LogP contribution in [0, 0.1) is 20.2 Å². The lowest BCUT2D eigenvalue weighted by molar-refractivity contribution is -0.385. The minimum Gasteiger partial charge on any atom is -0.488 e. The van der Waals surface area contributed by atoms with Crippen LogP contribution in [-0.2, 0) is 16.1 Å². The van der Waals surface area contributed by atoms with E-state index in [1.54, 1.807) is 36.4 Å². The van der Waals surface area contributed by atoms with Crippen LogP contribution in [0.4, 0.5) is 11.4 Å². The Hall–Kier alpha value is -4.57. The normalized spacial score (nSPS) is 14.0. The summed E-state index contributed by atoms with van der Waals surface area (Å²) in [7, 11) is 0. The van der Waals surface area contributed by atoms with Gasteiger partial charge in [-0.15, -0.1) is 0 Å². The number of benzene rings is 3. The highest BCUT2D eigenvalue weighted by atomic mass is 35.5. The van der Waals surface area contributed by atoms with E-state index in [4.69, 9.17) is 21.1 Å². The van der Waals surface area contributed by atoms with Gasteiger partial charge >= 0.3 is 5.97 Å². The second kappa shape index (κ2) is 9.51. The first kappa shape index (κ1) is 22.6. The summed E-state index contributed by atoms with van der Waals surface area (Å²) in [4.78, 5) is 37.5. The van der Waals surface area contributed by atoms with Gasteiger partial charge in [-0.25, -0.2) is 9.79 Å². The van der Waals surface area contributed by atoms with Crippen molar-refractivity contribution >= 4 is 40.9 Å². The number of halogens is 1. The maximum absolute atomic E-state index is 12.4. The van der Waals surface area contributed by atoms with Crippen molar-refractivity contribution in [3.8, 4) is 5.75 Å². The van der Waals surface area contributed by atoms with Crippen molar-refractivity contribution in [2.24, 2.45) is 4.99 Å². The molecule has 11 heteroatoms. The number of nitrogens with zero attached hydrogens (tertiary/aromatic N) is 3. The van der Waals surface area contributed by atoms with Gasteiger partial charge in [-0.1, -0.05) is 41.9 Å². The van der Waals surface area contributed by atoms with E-state index in [1.165, 1.54) is 36.4 Å². The minimum atomic E-state index is -0.758. The van der Waals surface area contributed by atoms with Crippen molar-refractivity contribution in [3.05, 3.63) is 114 Å². The zero-order chi connectivity index (χ0) is 24.2. The summed E-state index contributed by atoms with van der Waals surface area (Å²) in [6, 6.07) is 16.6. The van der Waals surface area contributed by atoms with Crippen molar-refractivity contribution in [1.29, 1.82) is 0 Å². The largest absolute Gasteiger partial charge is 0.488 e. The summed E-state index contributed by atoms with van der Waals surface area (Å²) < 4.78 is 11.0. The monoisotopic (exact) mass is 479 g/mol. The average molecular weight is 480 g/mol. The topological polar surface area (TPSA) is 134 Å². The third kappa shape index (κ3) is 4.92. The molecule has 10 nitrogen and oxygen atoms in total. The molecule has 1 aliphatic rings. The number of rotatable bonds is 7. The molecular weight excluding hydrogens is 466 g/mol. The Morgan fingerprint density at radius 3 is 2.47 bits per heavy atom. The van der Waals surface area contributed by atoms with E-state index < -0.39 is 15.8 Å². The Balaban J connectivity index is 1.60. The van der Waals surface area contributed by atoms with E-state index in [0.717, 1.165) is 0 Å². The Kier molecular flexibility index (Phi) is 6.33. The van der Waals surface area contributed by atoms with E-state index >= 15 is 0 Å². The molecule has 0 unspecified atom stereocenters. The molecule has 0 spiro atoms. The van der Waals surface area contributed by atoms with Crippen LogP contribution in [0.15, 0.2) is 77.4 Å². The van der Waals surface area contributed by atoms with Crippen molar-refractivity contribution < 1.29 is 24.1 Å². The maximum Gasteiger partial charge on any atom is 0.363 e. The maximum atomic E-state index is 12.4. The molecule has 0 aromatic heterocycles. The van der Waals surface area contributed by atoms with Crippen molar-refractivity contribution in [3.63, 3.8) is 0 Å². The number of carbonyl (C=O) groups excluding carboxylic acids is 1. The van der Waals surface area contributed by atoms with Gasteiger partial charge in [0.25, 0.3) is 11.4 Å². The second-order valence-corrected chi connectivity index (χ2v) is 7.42. The molecular formula is C23H14ClN3O7. The van der Waals surface area contributed by atoms with Gasteiger partial charge in [-0.2, -0.15) is 0 Å². The first-order valence-electron chi connectivity index (χ1n) is 9.74. The van der Waals surface area contributed by atoms with Gasteiger partial charge in [-0.3, -0.25) is 20.2 Å². The molecule has 3 aromatic carbocycles. The quantitative estimate of drug-likeness (QED) is 0.199. The summed E-state index contributed by atoms with van der Waals surface area (Å²) >= 11 is 6.12. The lowest BCUT2D eigenvalue weighted by Gasteiger charge is -2.09. The fraction of sp³-hybridized carbons (Fsp3) is 0.0435. The third-order valence-corrected chi connectivity index (χ3v) is 5.07. The molecule has 0 saturated heterocycles. The highest BCUT2D eigenvalue weighted by Crippen LogP contribution is 2.29. The van der Waals surface area contributed by atoms with Gasteiger partial charge in [0, 0.05) is 29.8 Å². The molecule has 34 heavy (non-hydrogen) atoms. The van der Waals surface area contributed by atoms with Gasteiger partial charge in [0.05, 0.1) is 20.4 Å².